The number of ether oxygens (including phenoxy) is 1. The Morgan fingerprint density at radius 3 is 2.64 bits per heavy atom. The smallest absolute Gasteiger partial charge is 0.232 e. The maximum Gasteiger partial charge on any atom is 0.232 e. The first-order valence-corrected chi connectivity index (χ1v) is 13.5. The van der Waals surface area contributed by atoms with Gasteiger partial charge in [-0.05, 0) is 24.6 Å². The lowest BCUT2D eigenvalue weighted by atomic mass is 10.1. The summed E-state index contributed by atoms with van der Waals surface area (Å²) in [5, 5.41) is 1.14. The number of piperazine rings is 1. The van der Waals surface area contributed by atoms with Crippen molar-refractivity contribution in [2.45, 2.75) is 19.4 Å². The molecular formula is C23H29F2N7O3S. The van der Waals surface area contributed by atoms with Gasteiger partial charge in [0.1, 0.15) is 5.69 Å². The fraction of sp³-hybridized carbons (Fsp3) is 0.435. The van der Waals surface area contributed by atoms with Crippen molar-refractivity contribution in [3.63, 3.8) is 0 Å². The Morgan fingerprint density at radius 1 is 1.17 bits per heavy atom. The quantitative estimate of drug-likeness (QED) is 0.481. The lowest BCUT2D eigenvalue weighted by molar-refractivity contribution is -0.0660. The van der Waals surface area contributed by atoms with Crippen molar-refractivity contribution in [3.05, 3.63) is 54.0 Å². The largest absolute Gasteiger partial charge is 0.378 e. The second kappa shape index (κ2) is 10.2. The van der Waals surface area contributed by atoms with Crippen LogP contribution in [0.25, 0.3) is 5.70 Å². The fourth-order valence-corrected chi connectivity index (χ4v) is 5.57. The third-order valence-corrected chi connectivity index (χ3v) is 7.94. The molecule has 5 rings (SSSR count). The second-order valence-electron chi connectivity index (χ2n) is 8.97. The van der Waals surface area contributed by atoms with Crippen molar-refractivity contribution in [1.82, 2.24) is 20.8 Å². The number of rotatable bonds is 8. The predicted molar refractivity (Wildman–Crippen MR) is 133 cm³/mol. The molecule has 0 atom stereocenters. The van der Waals surface area contributed by atoms with Gasteiger partial charge in [0.15, 0.2) is 11.6 Å². The van der Waals surface area contributed by atoms with Gasteiger partial charge in [0, 0.05) is 44.1 Å². The van der Waals surface area contributed by atoms with E-state index in [2.05, 4.69) is 30.5 Å². The molecule has 10 nitrogen and oxygen atoms in total. The van der Waals surface area contributed by atoms with Crippen molar-refractivity contribution >= 4 is 32.8 Å². The Hall–Kier alpha value is -3.00. The maximum atomic E-state index is 15.2. The molecule has 3 aliphatic rings. The van der Waals surface area contributed by atoms with Gasteiger partial charge >= 0.3 is 0 Å². The molecule has 3 aliphatic heterocycles. The van der Waals surface area contributed by atoms with E-state index in [9.17, 15) is 12.8 Å². The van der Waals surface area contributed by atoms with E-state index in [1.54, 1.807) is 19.3 Å². The monoisotopic (exact) mass is 521 g/mol. The topological polar surface area (TPSA) is 102 Å². The van der Waals surface area contributed by atoms with E-state index in [-0.39, 0.29) is 11.4 Å². The Kier molecular flexibility index (Phi) is 6.97. The van der Waals surface area contributed by atoms with E-state index in [1.165, 1.54) is 6.20 Å². The molecule has 2 aromatic rings. The number of sulfonamides is 1. The third-order valence-electron chi connectivity index (χ3n) is 6.47. The Bertz CT molecular complexity index is 1250. The van der Waals surface area contributed by atoms with Crippen LogP contribution in [0, 0.1) is 11.6 Å². The molecule has 0 amide bonds. The highest BCUT2D eigenvalue weighted by Crippen LogP contribution is 2.32. The van der Waals surface area contributed by atoms with Crippen LogP contribution in [0.4, 0.5) is 25.8 Å². The van der Waals surface area contributed by atoms with E-state index in [4.69, 9.17) is 4.74 Å². The molecule has 3 N–H and O–H groups in total. The highest BCUT2D eigenvalue weighted by Gasteiger charge is 2.29. The Balaban J connectivity index is 1.32. The maximum absolute atomic E-state index is 15.2. The van der Waals surface area contributed by atoms with Crippen LogP contribution in [0.5, 0.6) is 0 Å². The van der Waals surface area contributed by atoms with Gasteiger partial charge < -0.3 is 15.1 Å². The number of anilines is 3. The van der Waals surface area contributed by atoms with Crippen LogP contribution in [0.2, 0.25) is 0 Å². The average molecular weight is 522 g/mol. The van der Waals surface area contributed by atoms with Gasteiger partial charge in [-0.25, -0.2) is 17.2 Å². The number of hydrogen-bond acceptors (Lipinski definition) is 9. The molecule has 2 saturated heterocycles. The summed E-state index contributed by atoms with van der Waals surface area (Å²) in [7, 11) is -3.74. The van der Waals surface area contributed by atoms with Gasteiger partial charge in [-0.15, -0.1) is 5.53 Å². The molecule has 36 heavy (non-hydrogen) atoms. The number of halogens is 2. The number of pyridine rings is 1. The molecule has 13 heteroatoms. The predicted octanol–water partition coefficient (Wildman–Crippen LogP) is 1.86. The van der Waals surface area contributed by atoms with Gasteiger partial charge in [0.05, 0.1) is 48.3 Å². The Labute approximate surface area is 208 Å². The van der Waals surface area contributed by atoms with Crippen LogP contribution in [-0.2, 0) is 14.8 Å². The van der Waals surface area contributed by atoms with Crippen molar-refractivity contribution in [1.29, 1.82) is 0 Å². The zero-order valence-corrected chi connectivity index (χ0v) is 20.7. The van der Waals surface area contributed by atoms with Crippen molar-refractivity contribution < 1.29 is 21.9 Å². The van der Waals surface area contributed by atoms with E-state index in [0.29, 0.717) is 18.2 Å². The Morgan fingerprint density at radius 2 is 1.94 bits per heavy atom. The standard InChI is InChI=1S/C23H29F2N7O3S/c1-2-9-36(33,34)28-20-4-3-19(24)23(22(20)25)32-13-21(27-29-32)16-10-17(12-26-11-16)30-5-7-31(8-6-30)18-14-35-15-18/h3-4,10-13,18,27-29H,2,5-9,14-15H2,1H3. The minimum absolute atomic E-state index is 0.167. The summed E-state index contributed by atoms with van der Waals surface area (Å²) in [6, 6.07) is 4.58. The first-order chi connectivity index (χ1) is 17.3. The summed E-state index contributed by atoms with van der Waals surface area (Å²) in [5.74, 6) is -2.04. The highest BCUT2D eigenvalue weighted by molar-refractivity contribution is 7.92. The number of hydrazine groups is 2. The van der Waals surface area contributed by atoms with E-state index >= 15 is 4.39 Å². The SMILES string of the molecule is CCCS(=O)(=O)Nc1ccc(F)c(N2C=C(c3cncc(N4CCN(C5COC5)CC4)c3)NN2)c1F. The zero-order chi connectivity index (χ0) is 25.3. The lowest BCUT2D eigenvalue weighted by Gasteiger charge is -2.43. The lowest BCUT2D eigenvalue weighted by Crippen LogP contribution is -2.56. The second-order valence-corrected chi connectivity index (χ2v) is 10.8. The van der Waals surface area contributed by atoms with Gasteiger partial charge in [0.25, 0.3) is 0 Å². The van der Waals surface area contributed by atoms with E-state index in [0.717, 1.165) is 67.8 Å². The molecule has 0 saturated carbocycles. The molecule has 0 bridgehead atoms. The summed E-state index contributed by atoms with van der Waals surface area (Å²) in [6.07, 6.45) is 5.34. The number of aromatic nitrogens is 1. The van der Waals surface area contributed by atoms with Crippen LogP contribution >= 0.6 is 0 Å². The highest BCUT2D eigenvalue weighted by atomic mass is 32.2. The summed E-state index contributed by atoms with van der Waals surface area (Å²) in [4.78, 5) is 9.07. The van der Waals surface area contributed by atoms with Crippen LogP contribution in [0.15, 0.2) is 36.8 Å². The molecule has 1 aromatic carbocycles. The molecule has 0 unspecified atom stereocenters. The van der Waals surface area contributed by atoms with Gasteiger partial charge in [0.2, 0.25) is 10.0 Å². The fourth-order valence-electron chi connectivity index (χ4n) is 4.44. The van der Waals surface area contributed by atoms with Crippen molar-refractivity contribution in [2.75, 3.05) is 59.8 Å². The van der Waals surface area contributed by atoms with Crippen LogP contribution < -0.4 is 25.6 Å². The molecule has 1 aromatic heterocycles. The minimum atomic E-state index is -3.74. The van der Waals surface area contributed by atoms with Crippen molar-refractivity contribution in [3.8, 4) is 0 Å². The van der Waals surface area contributed by atoms with E-state index in [1.807, 2.05) is 6.07 Å². The molecule has 0 spiro atoms. The summed E-state index contributed by atoms with van der Waals surface area (Å²) < 4.78 is 61.5. The molecule has 4 heterocycles. The molecular weight excluding hydrogens is 492 g/mol. The first kappa shape index (κ1) is 24.7. The van der Waals surface area contributed by atoms with E-state index < -0.39 is 27.3 Å². The zero-order valence-electron chi connectivity index (χ0n) is 19.9. The molecule has 0 radical (unpaired) electrons. The molecule has 194 valence electrons. The summed E-state index contributed by atoms with van der Waals surface area (Å²) in [6.45, 7) is 6.94. The van der Waals surface area contributed by atoms with Crippen LogP contribution in [0.3, 0.4) is 0 Å². The number of benzene rings is 1. The number of nitrogens with one attached hydrogen (secondary N) is 3. The average Bonchev–Trinajstić information content (AvgIpc) is 3.30. The van der Waals surface area contributed by atoms with Gasteiger partial charge in [-0.3, -0.25) is 19.6 Å². The van der Waals surface area contributed by atoms with Crippen molar-refractivity contribution in [2.24, 2.45) is 0 Å². The summed E-state index contributed by atoms with van der Waals surface area (Å²) in [5.41, 5.74) is 7.14. The first-order valence-electron chi connectivity index (χ1n) is 11.9. The van der Waals surface area contributed by atoms with Gasteiger partial charge in [-0.2, -0.15) is 0 Å². The van der Waals surface area contributed by atoms with Gasteiger partial charge in [-0.1, -0.05) is 6.92 Å². The number of hydrogen-bond donors (Lipinski definition) is 3. The van der Waals surface area contributed by atoms with Crippen LogP contribution in [-0.4, -0.2) is 69.5 Å². The molecule has 2 fully saturated rings. The summed E-state index contributed by atoms with van der Waals surface area (Å²) >= 11 is 0. The number of nitrogens with zero attached hydrogens (tertiary/aromatic N) is 4. The molecule has 0 aliphatic carbocycles. The minimum Gasteiger partial charge on any atom is -0.378 e. The van der Waals surface area contributed by atoms with Crippen LogP contribution in [0.1, 0.15) is 18.9 Å². The normalized spacial score (nSPS) is 19.1. The third kappa shape index (κ3) is 5.09.